The van der Waals surface area contributed by atoms with Crippen molar-refractivity contribution < 1.29 is 0 Å². The molecule has 1 aromatic heterocycles. The van der Waals surface area contributed by atoms with Crippen LogP contribution >= 0.6 is 11.6 Å². The van der Waals surface area contributed by atoms with Gasteiger partial charge in [-0.1, -0.05) is 29.8 Å². The van der Waals surface area contributed by atoms with Crippen molar-refractivity contribution in [1.29, 1.82) is 0 Å². The minimum absolute atomic E-state index is 0.216. The van der Waals surface area contributed by atoms with Crippen LogP contribution in [0.3, 0.4) is 0 Å². The number of aromatic nitrogens is 2. The van der Waals surface area contributed by atoms with E-state index in [1.54, 1.807) is 43.3 Å². The zero-order valence-electron chi connectivity index (χ0n) is 9.66. The van der Waals surface area contributed by atoms with E-state index in [0.29, 0.717) is 5.02 Å². The van der Waals surface area contributed by atoms with Gasteiger partial charge in [-0.3, -0.25) is 9.59 Å². The molecule has 0 aliphatic rings. The van der Waals surface area contributed by atoms with Crippen LogP contribution in [0.15, 0.2) is 33.9 Å². The van der Waals surface area contributed by atoms with Gasteiger partial charge in [0, 0.05) is 5.02 Å². The predicted octanol–water partition coefficient (Wildman–Crippen LogP) is 0.346. The van der Waals surface area contributed by atoms with Gasteiger partial charge < -0.3 is 9.97 Å². The van der Waals surface area contributed by atoms with Gasteiger partial charge in [-0.2, -0.15) is 0 Å². The molecule has 0 amide bonds. The number of hydrogen-bond donors (Lipinski definition) is 2. The molecule has 5 heteroatoms. The molecule has 0 aliphatic carbocycles. The SMILES string of the molecule is CC=c1[nH]c(=O)c(=Cc2ccc(Cl)cc2)[nH]c1=O. The molecule has 1 aromatic carbocycles. The third-order valence-electron chi connectivity index (χ3n) is 2.46. The summed E-state index contributed by atoms with van der Waals surface area (Å²) in [5, 5.41) is 1.09. The van der Waals surface area contributed by atoms with E-state index in [9.17, 15) is 9.59 Å². The second-order valence-electron chi connectivity index (χ2n) is 3.72. The van der Waals surface area contributed by atoms with Crippen LogP contribution in [0.25, 0.3) is 12.2 Å². The zero-order chi connectivity index (χ0) is 13.1. The van der Waals surface area contributed by atoms with E-state index in [0.717, 1.165) is 5.56 Å². The van der Waals surface area contributed by atoms with Gasteiger partial charge in [-0.25, -0.2) is 0 Å². The Balaban J connectivity index is 2.66. The summed E-state index contributed by atoms with van der Waals surface area (Å²) in [5.41, 5.74) is 0.128. The van der Waals surface area contributed by atoms with Gasteiger partial charge in [0.05, 0.1) is 0 Å². The standard InChI is InChI=1S/C13H11ClN2O2/c1-2-10-12(17)16-11(13(18)15-10)7-8-3-5-9(14)6-4-8/h2-7H,1H3,(H,15,18)(H,16,17). The van der Waals surface area contributed by atoms with Gasteiger partial charge in [0.2, 0.25) is 0 Å². The number of H-pyrrole nitrogens is 2. The van der Waals surface area contributed by atoms with E-state index in [4.69, 9.17) is 11.6 Å². The van der Waals surface area contributed by atoms with Crippen LogP contribution in [-0.4, -0.2) is 9.97 Å². The molecule has 92 valence electrons. The fraction of sp³-hybridized carbons (Fsp3) is 0.0769. The quantitative estimate of drug-likeness (QED) is 0.779. The van der Waals surface area contributed by atoms with E-state index in [1.165, 1.54) is 0 Å². The summed E-state index contributed by atoms with van der Waals surface area (Å²) in [4.78, 5) is 28.3. The Morgan fingerprint density at radius 2 is 1.56 bits per heavy atom. The average molecular weight is 263 g/mol. The molecule has 2 N–H and O–H groups in total. The zero-order valence-corrected chi connectivity index (χ0v) is 10.4. The summed E-state index contributed by atoms with van der Waals surface area (Å²) in [5.74, 6) is 0. The number of nitrogens with one attached hydrogen (secondary N) is 2. The summed E-state index contributed by atoms with van der Waals surface area (Å²) in [6.45, 7) is 1.68. The Kier molecular flexibility index (Phi) is 3.48. The summed E-state index contributed by atoms with van der Waals surface area (Å²) in [6.07, 6.45) is 3.14. The highest BCUT2D eigenvalue weighted by atomic mass is 35.5. The summed E-state index contributed by atoms with van der Waals surface area (Å²) < 4.78 is 0. The van der Waals surface area contributed by atoms with Crippen LogP contribution in [0.5, 0.6) is 0 Å². The third-order valence-corrected chi connectivity index (χ3v) is 2.71. The van der Waals surface area contributed by atoms with Crippen molar-refractivity contribution in [3.8, 4) is 0 Å². The Bertz CT molecular complexity index is 785. The lowest BCUT2D eigenvalue weighted by Gasteiger charge is -1.93. The fourth-order valence-corrected chi connectivity index (χ4v) is 1.65. The van der Waals surface area contributed by atoms with Crippen LogP contribution in [0.4, 0.5) is 0 Å². The van der Waals surface area contributed by atoms with E-state index >= 15 is 0 Å². The average Bonchev–Trinajstić information content (AvgIpc) is 2.36. The highest BCUT2D eigenvalue weighted by Crippen LogP contribution is 2.09. The number of benzene rings is 1. The molecule has 0 atom stereocenters. The Morgan fingerprint density at radius 3 is 2.17 bits per heavy atom. The van der Waals surface area contributed by atoms with Gasteiger partial charge in [-0.05, 0) is 30.7 Å². The van der Waals surface area contributed by atoms with Gasteiger partial charge in [0.15, 0.2) is 0 Å². The number of rotatable bonds is 1. The first-order valence-corrected chi connectivity index (χ1v) is 5.74. The van der Waals surface area contributed by atoms with Crippen molar-refractivity contribution >= 4 is 23.8 Å². The molecule has 18 heavy (non-hydrogen) atoms. The van der Waals surface area contributed by atoms with Crippen LogP contribution in [0, 0.1) is 0 Å². The van der Waals surface area contributed by atoms with Crippen LogP contribution in [-0.2, 0) is 0 Å². The molecule has 0 fully saturated rings. The monoisotopic (exact) mass is 262 g/mol. The number of halogens is 1. The maximum atomic E-state index is 11.7. The fourth-order valence-electron chi connectivity index (χ4n) is 1.52. The van der Waals surface area contributed by atoms with Crippen LogP contribution < -0.4 is 21.8 Å². The number of aromatic amines is 2. The lowest BCUT2D eigenvalue weighted by Crippen LogP contribution is -2.46. The van der Waals surface area contributed by atoms with Crippen LogP contribution in [0.1, 0.15) is 12.5 Å². The van der Waals surface area contributed by atoms with Crippen molar-refractivity contribution in [2.75, 3.05) is 0 Å². The molecule has 0 aliphatic heterocycles. The van der Waals surface area contributed by atoms with Crippen molar-refractivity contribution in [3.63, 3.8) is 0 Å². The van der Waals surface area contributed by atoms with Crippen LogP contribution in [0.2, 0.25) is 5.02 Å². The molecule has 4 nitrogen and oxygen atoms in total. The van der Waals surface area contributed by atoms with Crippen molar-refractivity contribution in [3.05, 3.63) is 66.3 Å². The molecule has 0 bridgehead atoms. The summed E-state index contributed by atoms with van der Waals surface area (Å²) in [7, 11) is 0. The van der Waals surface area contributed by atoms with Gasteiger partial charge in [-0.15, -0.1) is 0 Å². The lowest BCUT2D eigenvalue weighted by atomic mass is 10.2. The minimum Gasteiger partial charge on any atom is -0.316 e. The van der Waals surface area contributed by atoms with E-state index in [1.807, 2.05) is 0 Å². The van der Waals surface area contributed by atoms with E-state index < -0.39 is 0 Å². The highest BCUT2D eigenvalue weighted by Gasteiger charge is 1.95. The predicted molar refractivity (Wildman–Crippen MR) is 72.1 cm³/mol. The van der Waals surface area contributed by atoms with Gasteiger partial charge >= 0.3 is 0 Å². The molecule has 0 saturated carbocycles. The Labute approximate surface area is 107 Å². The maximum absolute atomic E-state index is 11.7. The molecular formula is C13H11ClN2O2. The molecule has 2 rings (SSSR count). The highest BCUT2D eigenvalue weighted by molar-refractivity contribution is 6.30. The first kappa shape index (κ1) is 12.4. The molecular weight excluding hydrogens is 252 g/mol. The van der Waals surface area contributed by atoms with Crippen molar-refractivity contribution in [2.45, 2.75) is 6.92 Å². The molecule has 0 spiro atoms. The molecule has 0 radical (unpaired) electrons. The second kappa shape index (κ2) is 5.06. The maximum Gasteiger partial charge on any atom is 0.272 e. The molecule has 0 saturated heterocycles. The molecule has 2 aromatic rings. The van der Waals surface area contributed by atoms with Gasteiger partial charge in [0.25, 0.3) is 11.1 Å². The molecule has 0 unspecified atom stereocenters. The smallest absolute Gasteiger partial charge is 0.272 e. The lowest BCUT2D eigenvalue weighted by molar-refractivity contribution is 1.00. The third kappa shape index (κ3) is 2.60. The minimum atomic E-state index is -0.336. The Morgan fingerprint density at radius 1 is 1.00 bits per heavy atom. The first-order valence-electron chi connectivity index (χ1n) is 5.36. The molecule has 1 heterocycles. The largest absolute Gasteiger partial charge is 0.316 e. The first-order chi connectivity index (χ1) is 8.60. The number of hydrogen-bond acceptors (Lipinski definition) is 2. The summed E-state index contributed by atoms with van der Waals surface area (Å²) in [6, 6.07) is 6.96. The normalized spacial score (nSPS) is 13.0. The van der Waals surface area contributed by atoms with E-state index in [-0.39, 0.29) is 21.8 Å². The topological polar surface area (TPSA) is 65.7 Å². The van der Waals surface area contributed by atoms with Crippen molar-refractivity contribution in [2.24, 2.45) is 0 Å². The second-order valence-corrected chi connectivity index (χ2v) is 4.16. The van der Waals surface area contributed by atoms with Crippen molar-refractivity contribution in [1.82, 2.24) is 9.97 Å². The summed E-state index contributed by atoms with van der Waals surface area (Å²) >= 11 is 5.77. The Hall–Kier alpha value is -2.07. The van der Waals surface area contributed by atoms with Gasteiger partial charge in [0.1, 0.15) is 10.7 Å². The van der Waals surface area contributed by atoms with E-state index in [2.05, 4.69) is 9.97 Å².